The van der Waals surface area contributed by atoms with Crippen LogP contribution >= 0.6 is 11.6 Å². The van der Waals surface area contributed by atoms with Gasteiger partial charge in [-0.1, -0.05) is 65.0 Å². The number of ether oxygens (including phenoxy) is 2. The van der Waals surface area contributed by atoms with Crippen molar-refractivity contribution in [3.05, 3.63) is 54.1 Å². The molecule has 1 aliphatic rings. The van der Waals surface area contributed by atoms with Gasteiger partial charge in [-0.2, -0.15) is 4.31 Å². The number of nitrogens with zero attached hydrogens (tertiary/aromatic N) is 1. The predicted molar refractivity (Wildman–Crippen MR) is 156 cm³/mol. The van der Waals surface area contributed by atoms with Crippen molar-refractivity contribution in [1.82, 2.24) is 14.9 Å². The average Bonchev–Trinajstić information content (AvgIpc) is 3.38. The van der Waals surface area contributed by atoms with Crippen molar-refractivity contribution in [2.24, 2.45) is 11.3 Å². The van der Waals surface area contributed by atoms with Crippen LogP contribution in [0.1, 0.15) is 40.2 Å². The maximum absolute atomic E-state index is 13.8. The molecule has 2 aromatic rings. The Bertz CT molecular complexity index is 1300. The number of fused-ring (bicyclic) bond motifs is 1. The Hall–Kier alpha value is -2.86. The van der Waals surface area contributed by atoms with Crippen LogP contribution in [0.15, 0.2) is 53.4 Å². The quantitative estimate of drug-likeness (QED) is 0.297. The number of rotatable bonds is 13. The summed E-state index contributed by atoms with van der Waals surface area (Å²) in [6.45, 7) is 9.03. The number of hydrogen-bond donors (Lipinski definition) is 3. The van der Waals surface area contributed by atoms with E-state index >= 15 is 0 Å². The Balaban J connectivity index is 1.91. The Morgan fingerprint density at radius 1 is 1.02 bits per heavy atom. The molecule has 0 spiro atoms. The predicted octanol–water partition coefficient (Wildman–Crippen LogP) is 2.92. The highest BCUT2D eigenvalue weighted by Crippen LogP contribution is 2.35. The van der Waals surface area contributed by atoms with E-state index in [-0.39, 0.29) is 43.0 Å². The Kier molecular flexibility index (Phi) is 11.0. The van der Waals surface area contributed by atoms with Crippen molar-refractivity contribution in [2.75, 3.05) is 25.8 Å². The minimum atomic E-state index is -4.05. The smallest absolute Gasteiger partial charge is 0.243 e. The zero-order chi connectivity index (χ0) is 30.4. The first-order valence-corrected chi connectivity index (χ1v) is 15.5. The minimum Gasteiger partial charge on any atom is -0.454 e. The van der Waals surface area contributed by atoms with Crippen LogP contribution < -0.4 is 20.1 Å². The molecule has 3 rings (SSSR count). The maximum atomic E-state index is 13.8. The third kappa shape index (κ3) is 8.81. The van der Waals surface area contributed by atoms with Gasteiger partial charge in [0.05, 0.1) is 17.0 Å². The van der Waals surface area contributed by atoms with Crippen LogP contribution in [0.25, 0.3) is 0 Å². The number of hydrogen-bond acceptors (Lipinski definition) is 7. The summed E-state index contributed by atoms with van der Waals surface area (Å²) in [5, 5.41) is 17.0. The maximum Gasteiger partial charge on any atom is 0.243 e. The molecule has 41 heavy (non-hydrogen) atoms. The summed E-state index contributed by atoms with van der Waals surface area (Å²) in [5.41, 5.74) is 0.170. The van der Waals surface area contributed by atoms with Crippen molar-refractivity contribution in [1.29, 1.82) is 0 Å². The molecule has 0 saturated heterocycles. The van der Waals surface area contributed by atoms with Gasteiger partial charge in [-0.25, -0.2) is 8.42 Å². The number of amides is 2. The average molecular weight is 610 g/mol. The van der Waals surface area contributed by atoms with E-state index in [0.29, 0.717) is 11.5 Å². The van der Waals surface area contributed by atoms with Crippen LogP contribution in [-0.4, -0.2) is 73.6 Å². The molecule has 2 amide bonds. The zero-order valence-corrected chi connectivity index (χ0v) is 25.7. The number of carbonyl (C=O) groups is 2. The first-order valence-electron chi connectivity index (χ1n) is 13.5. The molecule has 3 N–H and O–H groups in total. The van der Waals surface area contributed by atoms with E-state index < -0.39 is 45.4 Å². The van der Waals surface area contributed by atoms with E-state index in [2.05, 4.69) is 10.6 Å². The molecule has 0 saturated carbocycles. The first kappa shape index (κ1) is 32.7. The fourth-order valence-corrected chi connectivity index (χ4v) is 6.21. The second-order valence-electron chi connectivity index (χ2n) is 11.6. The second kappa shape index (κ2) is 13.9. The summed E-state index contributed by atoms with van der Waals surface area (Å²) in [6, 6.07) is 11.8. The van der Waals surface area contributed by atoms with Gasteiger partial charge in [0.2, 0.25) is 28.6 Å². The summed E-state index contributed by atoms with van der Waals surface area (Å²) in [6.07, 6.45) is -1.06. The molecular formula is C29H40ClN3O7S. The summed E-state index contributed by atoms with van der Waals surface area (Å²) in [5.74, 6) is -0.580. The van der Waals surface area contributed by atoms with Crippen LogP contribution in [-0.2, 0) is 26.0 Å². The number of aliphatic hydroxyl groups excluding tert-OH is 1. The molecule has 0 aliphatic carbocycles. The fourth-order valence-electron chi connectivity index (χ4n) is 4.49. The molecule has 0 unspecified atom stereocenters. The van der Waals surface area contributed by atoms with Gasteiger partial charge in [-0.05, 0) is 35.4 Å². The van der Waals surface area contributed by atoms with E-state index in [0.717, 1.165) is 5.56 Å². The van der Waals surface area contributed by atoms with E-state index in [4.69, 9.17) is 21.1 Å². The molecule has 1 aliphatic heterocycles. The molecule has 226 valence electrons. The summed E-state index contributed by atoms with van der Waals surface area (Å²) in [4.78, 5) is 25.6. The molecule has 1 heterocycles. The van der Waals surface area contributed by atoms with Gasteiger partial charge in [0, 0.05) is 19.2 Å². The van der Waals surface area contributed by atoms with E-state index in [1.54, 1.807) is 26.8 Å². The van der Waals surface area contributed by atoms with E-state index in [9.17, 15) is 23.1 Å². The number of halogens is 1. The standard InChI is InChI=1S/C29H40ClN3O7S/c1-19(2)16-33(41(37,38)21-11-12-24-25(14-21)40-18-39-24)17-23(34)22(13-20-9-7-6-8-10-20)31-28(36)27(29(3,4)5)32-26(35)15-30/h6-12,14,19,22-23,27,34H,13,15-18H2,1-5H3,(H,31,36)(H,32,35)/t22-,23+,27+/m0/s1. The zero-order valence-electron chi connectivity index (χ0n) is 24.1. The lowest BCUT2D eigenvalue weighted by atomic mass is 9.85. The third-order valence-electron chi connectivity index (χ3n) is 6.59. The van der Waals surface area contributed by atoms with Gasteiger partial charge >= 0.3 is 0 Å². The lowest BCUT2D eigenvalue weighted by Gasteiger charge is -2.34. The van der Waals surface area contributed by atoms with Crippen molar-refractivity contribution in [2.45, 2.75) is 64.1 Å². The van der Waals surface area contributed by atoms with E-state index in [1.807, 2.05) is 44.2 Å². The van der Waals surface area contributed by atoms with Gasteiger partial charge in [0.15, 0.2) is 11.5 Å². The molecule has 0 aromatic heterocycles. The minimum absolute atomic E-state index is 0.00896. The lowest BCUT2D eigenvalue weighted by Crippen LogP contribution is -2.59. The second-order valence-corrected chi connectivity index (χ2v) is 13.8. The highest BCUT2D eigenvalue weighted by atomic mass is 35.5. The Labute approximate surface area is 247 Å². The number of sulfonamides is 1. The van der Waals surface area contributed by atoms with Gasteiger partial charge in [0.1, 0.15) is 11.9 Å². The van der Waals surface area contributed by atoms with Crippen LogP contribution in [0.3, 0.4) is 0 Å². The summed E-state index contributed by atoms with van der Waals surface area (Å²) >= 11 is 5.68. The first-order chi connectivity index (χ1) is 19.2. The monoisotopic (exact) mass is 609 g/mol. The highest BCUT2D eigenvalue weighted by Gasteiger charge is 2.36. The number of aliphatic hydroxyl groups is 1. The lowest BCUT2D eigenvalue weighted by molar-refractivity contribution is -0.131. The third-order valence-corrected chi connectivity index (χ3v) is 8.66. The fraction of sp³-hybridized carbons (Fsp3) is 0.517. The molecule has 3 atom stereocenters. The summed E-state index contributed by atoms with van der Waals surface area (Å²) in [7, 11) is -4.05. The Morgan fingerprint density at radius 2 is 1.68 bits per heavy atom. The number of carbonyl (C=O) groups excluding carboxylic acids is 2. The van der Waals surface area contributed by atoms with Gasteiger partial charge in [-0.15, -0.1) is 11.6 Å². The van der Waals surface area contributed by atoms with Crippen LogP contribution in [0.4, 0.5) is 0 Å². The number of alkyl halides is 1. The molecule has 0 bridgehead atoms. The van der Waals surface area contributed by atoms with Crippen molar-refractivity contribution in [3.63, 3.8) is 0 Å². The van der Waals surface area contributed by atoms with Gasteiger partial charge < -0.3 is 25.2 Å². The number of benzene rings is 2. The molecule has 10 nitrogen and oxygen atoms in total. The van der Waals surface area contributed by atoms with Crippen molar-refractivity contribution in [3.8, 4) is 11.5 Å². The van der Waals surface area contributed by atoms with Crippen LogP contribution in [0.2, 0.25) is 0 Å². The highest BCUT2D eigenvalue weighted by molar-refractivity contribution is 7.89. The van der Waals surface area contributed by atoms with Crippen molar-refractivity contribution >= 4 is 33.4 Å². The molecule has 0 radical (unpaired) electrons. The van der Waals surface area contributed by atoms with Gasteiger partial charge in [0.25, 0.3) is 0 Å². The van der Waals surface area contributed by atoms with Gasteiger partial charge in [-0.3, -0.25) is 9.59 Å². The SMILES string of the molecule is CC(C)CN(C[C@@H](O)[C@H](Cc1ccccc1)NC(=O)[C@@H](NC(=O)CCl)C(C)(C)C)S(=O)(=O)c1ccc2c(c1)OCO2. The topological polar surface area (TPSA) is 134 Å². The normalized spacial score (nSPS) is 15.4. The summed E-state index contributed by atoms with van der Waals surface area (Å²) < 4.78 is 39.4. The van der Waals surface area contributed by atoms with Crippen LogP contribution in [0.5, 0.6) is 11.5 Å². The molecular weight excluding hydrogens is 570 g/mol. The van der Waals surface area contributed by atoms with E-state index in [1.165, 1.54) is 16.4 Å². The largest absolute Gasteiger partial charge is 0.454 e. The molecule has 12 heteroatoms. The molecule has 0 fully saturated rings. The Morgan fingerprint density at radius 3 is 2.29 bits per heavy atom. The number of nitrogens with one attached hydrogen (secondary N) is 2. The van der Waals surface area contributed by atoms with Crippen molar-refractivity contribution < 1.29 is 32.6 Å². The van der Waals surface area contributed by atoms with Crippen LogP contribution in [0, 0.1) is 11.3 Å². The molecule has 2 aromatic carbocycles.